The first-order valence-electron chi connectivity index (χ1n) is 8.97. The number of thiophene rings is 1. The lowest BCUT2D eigenvalue weighted by Crippen LogP contribution is -2.22. The zero-order chi connectivity index (χ0) is 18.8. The molecule has 0 amide bonds. The third kappa shape index (κ3) is 3.55. The van der Waals surface area contributed by atoms with Crippen molar-refractivity contribution in [3.05, 3.63) is 50.6 Å². The lowest BCUT2D eigenvalue weighted by atomic mass is 10.2. The van der Waals surface area contributed by atoms with Gasteiger partial charge in [-0.3, -0.25) is 9.36 Å². The Morgan fingerprint density at radius 2 is 2.15 bits per heavy atom. The molecule has 4 nitrogen and oxygen atoms in total. The minimum atomic E-state index is 0.0373. The summed E-state index contributed by atoms with van der Waals surface area (Å²) in [4.78, 5) is 20.5. The highest BCUT2D eigenvalue weighted by Gasteiger charge is 2.23. The molecule has 0 atom stereocenters. The van der Waals surface area contributed by atoms with E-state index in [9.17, 15) is 4.79 Å². The number of benzene rings is 1. The van der Waals surface area contributed by atoms with Crippen LogP contribution in [0.15, 0.2) is 34.2 Å². The zero-order valence-electron chi connectivity index (χ0n) is 15.2. The van der Waals surface area contributed by atoms with Crippen LogP contribution in [0.3, 0.4) is 0 Å². The second kappa shape index (κ2) is 7.89. The minimum Gasteiger partial charge on any atom is -0.368 e. The first-order valence-corrected chi connectivity index (χ1v) is 10.8. The van der Waals surface area contributed by atoms with Crippen LogP contribution in [0.1, 0.15) is 22.4 Å². The topological polar surface area (TPSA) is 44.1 Å². The third-order valence-electron chi connectivity index (χ3n) is 4.64. The predicted molar refractivity (Wildman–Crippen MR) is 112 cm³/mol. The summed E-state index contributed by atoms with van der Waals surface area (Å²) in [5.41, 5.74) is 3.26. The Hall–Kier alpha value is -2.07. The summed E-state index contributed by atoms with van der Waals surface area (Å²) >= 11 is 3.20. The van der Waals surface area contributed by atoms with Crippen molar-refractivity contribution < 1.29 is 4.74 Å². The molecule has 0 saturated heterocycles. The maximum atomic E-state index is 13.4. The first-order chi connectivity index (χ1) is 13.2. The molecule has 0 aliphatic heterocycles. The van der Waals surface area contributed by atoms with E-state index in [4.69, 9.17) is 16.1 Å². The van der Waals surface area contributed by atoms with Crippen molar-refractivity contribution in [1.29, 1.82) is 0 Å². The molecule has 0 N–H and O–H groups in total. The molecule has 0 fully saturated rings. The largest absolute Gasteiger partial charge is 0.368 e. The zero-order valence-corrected chi connectivity index (χ0v) is 16.8. The molecule has 6 heteroatoms. The Kier molecular flexibility index (Phi) is 5.35. The summed E-state index contributed by atoms with van der Waals surface area (Å²) < 4.78 is 7.11. The van der Waals surface area contributed by atoms with E-state index in [-0.39, 0.29) is 5.56 Å². The number of thioether (sulfide) groups is 1. The minimum absolute atomic E-state index is 0.0373. The second-order valence-corrected chi connectivity index (χ2v) is 8.66. The highest BCUT2D eigenvalue weighted by Crippen LogP contribution is 2.36. The molecular weight excluding hydrogens is 376 g/mol. The van der Waals surface area contributed by atoms with Gasteiger partial charge in [0.2, 0.25) is 0 Å². The normalized spacial score (nSPS) is 13.0. The monoisotopic (exact) mass is 396 g/mol. The number of hydrogen-bond donors (Lipinski definition) is 0. The van der Waals surface area contributed by atoms with Crippen LogP contribution in [0.25, 0.3) is 15.9 Å². The molecule has 0 radical (unpaired) electrons. The molecule has 1 aliphatic rings. The molecule has 0 bridgehead atoms. The Morgan fingerprint density at radius 3 is 2.93 bits per heavy atom. The van der Waals surface area contributed by atoms with Crippen molar-refractivity contribution in [3.63, 3.8) is 0 Å². The lowest BCUT2D eigenvalue weighted by Gasteiger charge is -2.12. The smallest absolute Gasteiger partial charge is 0.267 e. The van der Waals surface area contributed by atoms with Crippen LogP contribution in [-0.4, -0.2) is 28.5 Å². The summed E-state index contributed by atoms with van der Waals surface area (Å²) in [5, 5.41) is 1.52. The lowest BCUT2D eigenvalue weighted by molar-refractivity contribution is 0.185. The Morgan fingerprint density at radius 1 is 1.33 bits per heavy atom. The summed E-state index contributed by atoms with van der Waals surface area (Å²) in [5.74, 6) is 3.15. The number of nitrogens with zero attached hydrogens (tertiary/aromatic N) is 2. The van der Waals surface area contributed by atoms with Crippen molar-refractivity contribution >= 4 is 33.3 Å². The van der Waals surface area contributed by atoms with Gasteiger partial charge in [0.05, 0.1) is 17.7 Å². The van der Waals surface area contributed by atoms with Crippen molar-refractivity contribution in [2.45, 2.75) is 31.3 Å². The maximum absolute atomic E-state index is 13.4. The molecule has 1 aliphatic carbocycles. The van der Waals surface area contributed by atoms with Crippen molar-refractivity contribution in [1.82, 2.24) is 9.55 Å². The average Bonchev–Trinajstić information content (AvgIpc) is 3.23. The number of terminal acetylenes is 1. The Balaban J connectivity index is 1.79. The molecule has 4 rings (SSSR count). The van der Waals surface area contributed by atoms with Gasteiger partial charge in [-0.25, -0.2) is 4.98 Å². The second-order valence-electron chi connectivity index (χ2n) is 6.51. The van der Waals surface area contributed by atoms with Gasteiger partial charge in [-0.15, -0.1) is 17.8 Å². The molecule has 2 aromatic heterocycles. The van der Waals surface area contributed by atoms with E-state index in [1.807, 2.05) is 31.2 Å². The van der Waals surface area contributed by atoms with Crippen LogP contribution >= 0.6 is 23.1 Å². The van der Waals surface area contributed by atoms with Gasteiger partial charge in [-0.2, -0.15) is 0 Å². The Labute approximate surface area is 166 Å². The number of aryl methyl sites for hydroxylation is 3. The Bertz CT molecular complexity index is 1070. The van der Waals surface area contributed by atoms with E-state index in [0.29, 0.717) is 24.1 Å². The van der Waals surface area contributed by atoms with Gasteiger partial charge in [0.25, 0.3) is 5.56 Å². The van der Waals surface area contributed by atoms with Crippen LogP contribution in [0.4, 0.5) is 0 Å². The van der Waals surface area contributed by atoms with Crippen LogP contribution in [-0.2, 0) is 17.6 Å². The van der Waals surface area contributed by atoms with Gasteiger partial charge in [-0.05, 0) is 43.9 Å². The SMILES string of the molecule is C#CCOCCSc1nc2sc3c(c2c(=O)n1-c1ccc(C)cc1)CCC3. The molecule has 3 aromatic rings. The fourth-order valence-electron chi connectivity index (χ4n) is 3.37. The first kappa shape index (κ1) is 18.3. The summed E-state index contributed by atoms with van der Waals surface area (Å²) in [6, 6.07) is 8.01. The highest BCUT2D eigenvalue weighted by atomic mass is 32.2. The van der Waals surface area contributed by atoms with Crippen LogP contribution < -0.4 is 5.56 Å². The van der Waals surface area contributed by atoms with Gasteiger partial charge in [0.1, 0.15) is 11.4 Å². The summed E-state index contributed by atoms with van der Waals surface area (Å²) in [6.45, 7) is 2.87. The van der Waals surface area contributed by atoms with Gasteiger partial charge in [-0.1, -0.05) is 35.4 Å². The number of fused-ring (bicyclic) bond motifs is 3. The van der Waals surface area contributed by atoms with Gasteiger partial charge in [0.15, 0.2) is 5.16 Å². The van der Waals surface area contributed by atoms with Crippen molar-refractivity contribution in [3.8, 4) is 18.0 Å². The van der Waals surface area contributed by atoms with Gasteiger partial charge in [0, 0.05) is 10.6 Å². The number of rotatable bonds is 6. The van der Waals surface area contributed by atoms with Crippen LogP contribution in [0, 0.1) is 19.3 Å². The van der Waals surface area contributed by atoms with Crippen LogP contribution in [0.5, 0.6) is 0 Å². The highest BCUT2D eigenvalue weighted by molar-refractivity contribution is 7.99. The molecular formula is C21H20N2O2S2. The standard InChI is InChI=1S/C21H20N2O2S2/c1-3-11-25-12-13-26-21-22-19-18(16-5-4-6-17(16)27-19)20(24)23(21)15-9-7-14(2)8-10-15/h1,7-10H,4-6,11-13H2,2H3. The van der Waals surface area contributed by atoms with E-state index in [0.717, 1.165) is 40.7 Å². The van der Waals surface area contributed by atoms with Crippen molar-refractivity contribution in [2.24, 2.45) is 0 Å². The molecule has 1 aromatic carbocycles. The van der Waals surface area contributed by atoms with Crippen molar-refractivity contribution in [2.75, 3.05) is 19.0 Å². The quantitative estimate of drug-likeness (QED) is 0.274. The number of aromatic nitrogens is 2. The predicted octanol–water partition coefficient (Wildman–Crippen LogP) is 3.99. The number of ether oxygens (including phenoxy) is 1. The molecule has 138 valence electrons. The van der Waals surface area contributed by atoms with E-state index in [1.165, 1.54) is 22.2 Å². The molecule has 2 heterocycles. The van der Waals surface area contributed by atoms with E-state index < -0.39 is 0 Å². The fraction of sp³-hybridized carbons (Fsp3) is 0.333. The summed E-state index contributed by atoms with van der Waals surface area (Å²) in [6.07, 6.45) is 8.38. The maximum Gasteiger partial charge on any atom is 0.267 e. The third-order valence-corrected chi connectivity index (χ3v) is 6.73. The number of hydrogen-bond acceptors (Lipinski definition) is 5. The molecule has 0 saturated carbocycles. The fourth-order valence-corrected chi connectivity index (χ4v) is 5.53. The average molecular weight is 397 g/mol. The van der Waals surface area contributed by atoms with E-state index in [2.05, 4.69) is 5.92 Å². The molecule has 0 unspecified atom stereocenters. The van der Waals surface area contributed by atoms with E-state index in [1.54, 1.807) is 15.9 Å². The summed E-state index contributed by atoms with van der Waals surface area (Å²) in [7, 11) is 0. The molecule has 0 spiro atoms. The van der Waals surface area contributed by atoms with Crippen LogP contribution in [0.2, 0.25) is 0 Å². The van der Waals surface area contributed by atoms with E-state index >= 15 is 0 Å². The van der Waals surface area contributed by atoms with Gasteiger partial charge >= 0.3 is 0 Å². The molecule has 27 heavy (non-hydrogen) atoms. The van der Waals surface area contributed by atoms with Gasteiger partial charge < -0.3 is 4.74 Å².